The molecule has 2 aromatic carbocycles. The first-order chi connectivity index (χ1) is 13.2. The molecule has 0 fully saturated rings. The number of aromatic hydroxyl groups is 1. The minimum atomic E-state index is -0.273. The Morgan fingerprint density at radius 1 is 1.18 bits per heavy atom. The van der Waals surface area contributed by atoms with Gasteiger partial charge < -0.3 is 15.7 Å². The zero-order valence-electron chi connectivity index (χ0n) is 16.3. The number of hydrogen-bond donors (Lipinski definition) is 3. The van der Waals surface area contributed by atoms with Crippen molar-refractivity contribution in [2.45, 2.75) is 44.7 Å². The van der Waals surface area contributed by atoms with Gasteiger partial charge in [-0.3, -0.25) is 4.79 Å². The quantitative estimate of drug-likeness (QED) is 0.539. The summed E-state index contributed by atoms with van der Waals surface area (Å²) in [5.74, 6) is 0.771. The summed E-state index contributed by atoms with van der Waals surface area (Å²) in [7, 11) is 0. The summed E-state index contributed by atoms with van der Waals surface area (Å²) < 4.78 is 0.949. The fraction of sp³-hybridized carbons (Fsp3) is 0.348. The Balaban J connectivity index is 1.71. The van der Waals surface area contributed by atoms with Gasteiger partial charge in [0, 0.05) is 32.7 Å². The summed E-state index contributed by atoms with van der Waals surface area (Å²) in [6.07, 6.45) is 5.38. The van der Waals surface area contributed by atoms with Gasteiger partial charge in [0.25, 0.3) is 5.91 Å². The SMILES string of the molecule is CC(C)(C)NC(=O)c1ccc2c(c1)C1C=CCC1C(c1cc(Br)ccc1O)N2. The van der Waals surface area contributed by atoms with Crippen molar-refractivity contribution in [1.82, 2.24) is 5.32 Å². The number of allylic oxidation sites excluding steroid dienone is 2. The predicted octanol–water partition coefficient (Wildman–Crippen LogP) is 5.51. The van der Waals surface area contributed by atoms with Gasteiger partial charge in [0.2, 0.25) is 0 Å². The Hall–Kier alpha value is -2.27. The smallest absolute Gasteiger partial charge is 0.251 e. The van der Waals surface area contributed by atoms with Gasteiger partial charge in [-0.2, -0.15) is 0 Å². The van der Waals surface area contributed by atoms with Crippen molar-refractivity contribution >= 4 is 27.5 Å². The largest absolute Gasteiger partial charge is 0.508 e. The standard InChI is InChI=1S/C23H25BrN2O2/c1-23(2,3)26-22(28)13-7-9-19-17(11-13)15-5-4-6-16(15)21(25-19)18-12-14(24)8-10-20(18)27/h4-5,7-12,15-16,21,25,27H,6H2,1-3H3,(H,26,28). The third-order valence-electron chi connectivity index (χ3n) is 5.44. The van der Waals surface area contributed by atoms with Gasteiger partial charge in [-0.25, -0.2) is 0 Å². The van der Waals surface area contributed by atoms with Crippen LogP contribution in [0.4, 0.5) is 5.69 Å². The maximum absolute atomic E-state index is 12.6. The molecule has 2 aromatic rings. The van der Waals surface area contributed by atoms with Crippen molar-refractivity contribution < 1.29 is 9.90 Å². The Morgan fingerprint density at radius 2 is 1.96 bits per heavy atom. The van der Waals surface area contributed by atoms with Gasteiger partial charge >= 0.3 is 0 Å². The molecule has 1 amide bonds. The Bertz CT molecular complexity index is 962. The number of phenolic OH excluding ortho intramolecular Hbond substituents is 1. The van der Waals surface area contributed by atoms with E-state index in [1.807, 2.05) is 51.1 Å². The van der Waals surface area contributed by atoms with Crippen LogP contribution >= 0.6 is 15.9 Å². The molecule has 1 aliphatic carbocycles. The average Bonchev–Trinajstić information content (AvgIpc) is 3.11. The molecule has 1 aliphatic heterocycles. The van der Waals surface area contributed by atoms with Gasteiger partial charge in [0.05, 0.1) is 6.04 Å². The first kappa shape index (κ1) is 19.1. The van der Waals surface area contributed by atoms with E-state index in [4.69, 9.17) is 0 Å². The molecule has 4 rings (SSSR count). The fourth-order valence-corrected chi connectivity index (χ4v) is 4.61. The minimum Gasteiger partial charge on any atom is -0.508 e. The first-order valence-electron chi connectivity index (χ1n) is 9.61. The van der Waals surface area contributed by atoms with Crippen LogP contribution in [0.2, 0.25) is 0 Å². The molecule has 0 spiro atoms. The number of rotatable bonds is 2. The second-order valence-electron chi connectivity index (χ2n) is 8.68. The van der Waals surface area contributed by atoms with Gasteiger partial charge in [0.1, 0.15) is 5.75 Å². The number of hydrogen-bond acceptors (Lipinski definition) is 3. The van der Waals surface area contributed by atoms with E-state index in [9.17, 15) is 9.90 Å². The number of nitrogens with one attached hydrogen (secondary N) is 2. The summed E-state index contributed by atoms with van der Waals surface area (Å²) >= 11 is 3.52. The maximum Gasteiger partial charge on any atom is 0.251 e. The number of carbonyl (C=O) groups excluding carboxylic acids is 1. The van der Waals surface area contributed by atoms with Crippen molar-refractivity contribution in [2.75, 3.05) is 5.32 Å². The van der Waals surface area contributed by atoms with Crippen LogP contribution in [-0.2, 0) is 0 Å². The van der Waals surface area contributed by atoms with Crippen LogP contribution in [0.25, 0.3) is 0 Å². The van der Waals surface area contributed by atoms with Crippen LogP contribution < -0.4 is 10.6 Å². The molecular weight excluding hydrogens is 416 g/mol. The highest BCUT2D eigenvalue weighted by molar-refractivity contribution is 9.10. The lowest BCUT2D eigenvalue weighted by Gasteiger charge is -2.38. The van der Waals surface area contributed by atoms with Crippen molar-refractivity contribution in [1.29, 1.82) is 0 Å². The zero-order valence-corrected chi connectivity index (χ0v) is 17.9. The van der Waals surface area contributed by atoms with Crippen LogP contribution in [0.3, 0.4) is 0 Å². The van der Waals surface area contributed by atoms with Crippen molar-refractivity contribution in [3.05, 3.63) is 69.7 Å². The molecule has 146 valence electrons. The second kappa shape index (κ2) is 6.96. The lowest BCUT2D eigenvalue weighted by Crippen LogP contribution is -2.40. The highest BCUT2D eigenvalue weighted by atomic mass is 79.9. The predicted molar refractivity (Wildman–Crippen MR) is 116 cm³/mol. The van der Waals surface area contributed by atoms with Gasteiger partial charge in [-0.05, 0) is 75.1 Å². The Labute approximate surface area is 174 Å². The fourth-order valence-electron chi connectivity index (χ4n) is 4.23. The molecule has 2 aliphatic rings. The molecule has 0 bridgehead atoms. The molecule has 3 unspecified atom stereocenters. The molecule has 0 saturated heterocycles. The number of anilines is 1. The third kappa shape index (κ3) is 3.55. The van der Waals surface area contributed by atoms with Crippen LogP contribution in [-0.4, -0.2) is 16.6 Å². The molecule has 4 nitrogen and oxygen atoms in total. The van der Waals surface area contributed by atoms with Crippen molar-refractivity contribution in [3.63, 3.8) is 0 Å². The summed E-state index contributed by atoms with van der Waals surface area (Å²) in [4.78, 5) is 12.6. The summed E-state index contributed by atoms with van der Waals surface area (Å²) in [5.41, 5.74) is 3.46. The van der Waals surface area contributed by atoms with E-state index in [0.717, 1.165) is 27.7 Å². The van der Waals surface area contributed by atoms with Crippen LogP contribution in [0, 0.1) is 5.92 Å². The van der Waals surface area contributed by atoms with Crippen LogP contribution in [0.5, 0.6) is 5.75 Å². The molecule has 3 N–H and O–H groups in total. The monoisotopic (exact) mass is 440 g/mol. The lowest BCUT2D eigenvalue weighted by atomic mass is 9.76. The van der Waals surface area contributed by atoms with Crippen LogP contribution in [0.15, 0.2) is 53.0 Å². The molecule has 3 atom stereocenters. The topological polar surface area (TPSA) is 61.4 Å². The van der Waals surface area contributed by atoms with Crippen molar-refractivity contribution in [3.8, 4) is 5.75 Å². The molecule has 0 saturated carbocycles. The highest BCUT2D eigenvalue weighted by Gasteiger charge is 2.39. The summed E-state index contributed by atoms with van der Waals surface area (Å²) in [5, 5.41) is 17.1. The number of phenols is 1. The molecular formula is C23H25BrN2O2. The van der Waals surface area contributed by atoms with E-state index < -0.39 is 0 Å². The summed E-state index contributed by atoms with van der Waals surface area (Å²) in [6.45, 7) is 5.95. The molecule has 0 radical (unpaired) electrons. The molecule has 5 heteroatoms. The maximum atomic E-state index is 12.6. The first-order valence-corrected chi connectivity index (χ1v) is 10.4. The average molecular weight is 441 g/mol. The Morgan fingerprint density at radius 3 is 2.71 bits per heavy atom. The number of amides is 1. The van der Waals surface area contributed by atoms with E-state index >= 15 is 0 Å². The normalized spacial score (nSPS) is 22.9. The van der Waals surface area contributed by atoms with E-state index in [1.54, 1.807) is 6.07 Å². The summed E-state index contributed by atoms with van der Waals surface area (Å²) in [6, 6.07) is 11.4. The Kier molecular flexibility index (Phi) is 4.74. The van der Waals surface area contributed by atoms with E-state index in [2.05, 4.69) is 38.7 Å². The highest BCUT2D eigenvalue weighted by Crippen LogP contribution is 2.51. The number of fused-ring (bicyclic) bond motifs is 3. The van der Waals surface area contributed by atoms with Gasteiger partial charge in [-0.15, -0.1) is 0 Å². The van der Waals surface area contributed by atoms with E-state index in [1.165, 1.54) is 0 Å². The van der Waals surface area contributed by atoms with Crippen molar-refractivity contribution in [2.24, 2.45) is 5.92 Å². The number of benzene rings is 2. The van der Waals surface area contributed by atoms with E-state index in [-0.39, 0.29) is 23.4 Å². The van der Waals surface area contributed by atoms with Gasteiger partial charge in [-0.1, -0.05) is 28.1 Å². The molecule has 1 heterocycles. The van der Waals surface area contributed by atoms with E-state index in [0.29, 0.717) is 17.2 Å². The van der Waals surface area contributed by atoms with Crippen LogP contribution in [0.1, 0.15) is 60.6 Å². The molecule has 28 heavy (non-hydrogen) atoms. The second-order valence-corrected chi connectivity index (χ2v) is 9.60. The lowest BCUT2D eigenvalue weighted by molar-refractivity contribution is 0.0919. The third-order valence-corrected chi connectivity index (χ3v) is 5.93. The van der Waals surface area contributed by atoms with Gasteiger partial charge in [0.15, 0.2) is 0 Å². The number of carbonyl (C=O) groups is 1. The zero-order chi connectivity index (χ0) is 20.1. The number of halogens is 1. The molecule has 0 aromatic heterocycles. The minimum absolute atomic E-state index is 0.0132.